The van der Waals surface area contributed by atoms with Gasteiger partial charge in [0, 0.05) is 118 Å². The largest absolute Gasteiger partial charge is 0.504 e. The van der Waals surface area contributed by atoms with Crippen LogP contribution in [-0.4, -0.2) is 129 Å². The summed E-state index contributed by atoms with van der Waals surface area (Å²) in [6, 6.07) is 8.19. The quantitative estimate of drug-likeness (QED) is 0.0587. The van der Waals surface area contributed by atoms with Gasteiger partial charge in [-0.15, -0.1) is 0 Å². The number of hydrogen-bond acceptors (Lipinski definition) is 14. The molecule has 1 atom stereocenters. The van der Waals surface area contributed by atoms with Crippen molar-refractivity contribution in [3.05, 3.63) is 126 Å². The van der Waals surface area contributed by atoms with Crippen LogP contribution in [0.3, 0.4) is 0 Å². The molecule has 0 saturated heterocycles. The van der Waals surface area contributed by atoms with Crippen molar-refractivity contribution in [3.8, 4) is 17.3 Å². The van der Waals surface area contributed by atoms with E-state index in [2.05, 4.69) is 67.5 Å². The van der Waals surface area contributed by atoms with Gasteiger partial charge in [-0.05, 0) is 42.8 Å². The molecule has 1 aromatic carbocycles. The summed E-state index contributed by atoms with van der Waals surface area (Å²) in [5.41, 5.74) is 9.46. The van der Waals surface area contributed by atoms with E-state index in [1.165, 1.54) is 86.2 Å². The lowest BCUT2D eigenvalue weighted by atomic mass is 10.2. The fraction of sp³-hybridized carbons (Fsp3) is 0.216. The van der Waals surface area contributed by atoms with E-state index in [-0.39, 0.29) is 82.3 Å². The maximum absolute atomic E-state index is 13.5. The number of fused-ring (bicyclic) bond motifs is 1. The van der Waals surface area contributed by atoms with Gasteiger partial charge in [-0.2, -0.15) is 0 Å². The molecule has 8 amide bonds. The average molecular weight is 1110 g/mol. The van der Waals surface area contributed by atoms with Crippen LogP contribution >= 0.6 is 0 Å². The number of aromatic amines is 1. The van der Waals surface area contributed by atoms with E-state index in [0.717, 1.165) is 0 Å². The van der Waals surface area contributed by atoms with Gasteiger partial charge in [-0.3, -0.25) is 38.4 Å². The Bertz CT molecular complexity index is 4000. The minimum absolute atomic E-state index is 0.00960. The maximum Gasteiger partial charge on any atom is 0.292 e. The van der Waals surface area contributed by atoms with Crippen LogP contribution in [0.1, 0.15) is 80.1 Å². The van der Waals surface area contributed by atoms with Gasteiger partial charge in [0.1, 0.15) is 28.5 Å². The number of nitrogens with zero attached hydrogens (tertiary/aromatic N) is 11. The zero-order valence-electron chi connectivity index (χ0n) is 44.8. The van der Waals surface area contributed by atoms with E-state index < -0.39 is 47.4 Å². The van der Waals surface area contributed by atoms with Crippen molar-refractivity contribution in [2.45, 2.75) is 12.5 Å². The summed E-state index contributed by atoms with van der Waals surface area (Å²) in [5.74, 6) is -4.16. The number of aryl methyl sites for hydroxylation is 7. The molecule has 12 N–H and O–H groups in total. The molecule has 9 rings (SSSR count). The Balaban J connectivity index is 0.741. The lowest BCUT2D eigenvalue weighted by molar-refractivity contribution is -0.117. The Hall–Kier alpha value is -11.0. The molecule has 0 radical (unpaired) electrons. The van der Waals surface area contributed by atoms with Gasteiger partial charge in [-0.1, -0.05) is 0 Å². The number of aromatic nitrogens is 12. The van der Waals surface area contributed by atoms with Crippen LogP contribution in [0.4, 0.5) is 34.4 Å². The van der Waals surface area contributed by atoms with Gasteiger partial charge < -0.3 is 90.3 Å². The Morgan fingerprint density at radius 1 is 0.568 bits per heavy atom. The standard InChI is InChI=1S/C51H55N21O9/c1-53-46(76)33-16-26(19-67(33)3)56-44(74)25-9-10-30-31(15-25)60-40(59-30)38-39(73)32(22-70(38)6)61-51(81)43-62-36(23-72(43)8)64-45(75)29(52)11-12-55-47(77)34-17-27(20-68(34)4)57-48(78)35-18-28(21-69(35)5)58-50(80)42-63-37(24-71(42)7)65-49(79)41-54-13-14-66(41)2/h9-10,13-24,29,73H,11-12,52H2,1-8H3,(H,53,76)(H,55,77)(H,56,74)(H,57,78)(H,58,80)(H,59,60)(H,61,81)(H,64,75)(H,65,79)/t29-/m1/s1. The number of rotatable bonds is 18. The molecule has 0 aliphatic heterocycles. The topological polar surface area (TPSA) is 381 Å². The normalized spacial score (nSPS) is 11.5. The van der Waals surface area contributed by atoms with Gasteiger partial charge >= 0.3 is 0 Å². The molecule has 0 spiro atoms. The molecule has 0 fully saturated rings. The summed E-state index contributed by atoms with van der Waals surface area (Å²) in [7, 11) is 12.8. The molecule has 0 saturated carbocycles. The molecule has 81 heavy (non-hydrogen) atoms. The van der Waals surface area contributed by atoms with E-state index in [9.17, 15) is 43.5 Å². The van der Waals surface area contributed by atoms with Crippen LogP contribution in [-0.2, 0) is 54.1 Å². The molecule has 418 valence electrons. The molecule has 9 aromatic rings. The van der Waals surface area contributed by atoms with E-state index in [0.29, 0.717) is 39.4 Å². The zero-order chi connectivity index (χ0) is 58.1. The number of hydrogen-bond donors (Lipinski definition) is 11. The van der Waals surface area contributed by atoms with Crippen molar-refractivity contribution in [2.75, 3.05) is 45.5 Å². The lowest BCUT2D eigenvalue weighted by Gasteiger charge is -2.12. The minimum atomic E-state index is -1.11. The summed E-state index contributed by atoms with van der Waals surface area (Å²) in [5, 5.41) is 32.7. The van der Waals surface area contributed by atoms with E-state index in [1.54, 1.807) is 88.1 Å². The number of nitrogens with one attached hydrogen (secondary N) is 9. The highest BCUT2D eigenvalue weighted by atomic mass is 16.3. The van der Waals surface area contributed by atoms with Crippen LogP contribution < -0.4 is 48.3 Å². The number of amides is 8. The summed E-state index contributed by atoms with van der Waals surface area (Å²) in [6.07, 6.45) is 12.1. The van der Waals surface area contributed by atoms with Gasteiger partial charge in [0.25, 0.3) is 41.4 Å². The summed E-state index contributed by atoms with van der Waals surface area (Å²) >= 11 is 0. The van der Waals surface area contributed by atoms with Crippen molar-refractivity contribution in [3.63, 3.8) is 0 Å². The second-order valence-corrected chi connectivity index (χ2v) is 18.8. The average Bonchev–Trinajstić information content (AvgIpc) is 4.45. The number of H-pyrrole nitrogens is 1. The van der Waals surface area contributed by atoms with E-state index in [1.807, 2.05) is 0 Å². The second kappa shape index (κ2) is 22.1. The van der Waals surface area contributed by atoms with Gasteiger partial charge in [-0.25, -0.2) is 19.9 Å². The van der Waals surface area contributed by atoms with Crippen molar-refractivity contribution < 1.29 is 43.5 Å². The molecule has 0 aliphatic carbocycles. The Morgan fingerprint density at radius 3 is 1.70 bits per heavy atom. The number of carbonyl (C=O) groups excluding carboxylic acids is 8. The number of aromatic hydroxyl groups is 1. The molecule has 30 heteroatoms. The smallest absolute Gasteiger partial charge is 0.292 e. The van der Waals surface area contributed by atoms with Crippen molar-refractivity contribution >= 4 is 92.7 Å². The predicted molar refractivity (Wildman–Crippen MR) is 295 cm³/mol. The molecular weight excluding hydrogens is 1050 g/mol. The maximum atomic E-state index is 13.5. The van der Waals surface area contributed by atoms with Crippen LogP contribution in [0.2, 0.25) is 0 Å². The summed E-state index contributed by atoms with van der Waals surface area (Å²) < 4.78 is 10.5. The molecule has 0 unspecified atom stereocenters. The van der Waals surface area contributed by atoms with Crippen molar-refractivity contribution in [1.82, 2.24) is 67.5 Å². The molecule has 8 heterocycles. The first-order valence-corrected chi connectivity index (χ1v) is 24.6. The van der Waals surface area contributed by atoms with Gasteiger partial charge in [0.2, 0.25) is 17.6 Å². The highest BCUT2D eigenvalue weighted by Gasteiger charge is 2.26. The zero-order valence-corrected chi connectivity index (χ0v) is 44.8. The first-order valence-electron chi connectivity index (χ1n) is 24.6. The number of carbonyl (C=O) groups is 8. The van der Waals surface area contributed by atoms with Gasteiger partial charge in [0.15, 0.2) is 29.0 Å². The number of imidazole rings is 4. The molecule has 8 aromatic heterocycles. The summed E-state index contributed by atoms with van der Waals surface area (Å²) in [4.78, 5) is 125. The van der Waals surface area contributed by atoms with Crippen LogP contribution in [0.5, 0.6) is 5.75 Å². The van der Waals surface area contributed by atoms with Crippen LogP contribution in [0.15, 0.2) is 86.0 Å². The van der Waals surface area contributed by atoms with Crippen LogP contribution in [0.25, 0.3) is 22.6 Å². The Kier molecular flexibility index (Phi) is 15.0. The molecule has 30 nitrogen and oxygen atoms in total. The molecular formula is C51H55N21O9. The van der Waals surface area contributed by atoms with Crippen molar-refractivity contribution in [2.24, 2.45) is 55.1 Å². The number of nitrogens with two attached hydrogens (primary N) is 1. The SMILES string of the molecule is CNC(=O)c1cc(NC(=O)c2ccc3nc(-c4c(O)c(NC(=O)c5nc(NC(=O)[C@H](N)CCNC(=O)c6cc(NC(=O)c7cc(NC(=O)c8nc(NC(=O)c9nccn9C)cn8C)cn7C)cn6C)cn5C)cn4C)[nH]c3c2)cn1C. The third kappa shape index (κ3) is 11.5. The molecule has 0 aliphatic rings. The summed E-state index contributed by atoms with van der Waals surface area (Å²) in [6.45, 7) is -0.0139. The van der Waals surface area contributed by atoms with Crippen molar-refractivity contribution in [1.29, 1.82) is 0 Å². The van der Waals surface area contributed by atoms with Crippen LogP contribution in [0, 0.1) is 0 Å². The fourth-order valence-electron chi connectivity index (χ4n) is 8.73. The highest BCUT2D eigenvalue weighted by Crippen LogP contribution is 2.37. The van der Waals surface area contributed by atoms with E-state index in [4.69, 9.17) is 5.73 Å². The second-order valence-electron chi connectivity index (χ2n) is 18.8. The minimum Gasteiger partial charge on any atom is -0.504 e. The third-order valence-corrected chi connectivity index (χ3v) is 12.8. The van der Waals surface area contributed by atoms with Gasteiger partial charge in [0.05, 0.1) is 34.1 Å². The lowest BCUT2D eigenvalue weighted by Crippen LogP contribution is -2.39. The van der Waals surface area contributed by atoms with E-state index >= 15 is 0 Å². The Morgan fingerprint density at radius 2 is 1.11 bits per heavy atom. The monoisotopic (exact) mass is 1110 g/mol. The molecule has 0 bridgehead atoms. The predicted octanol–water partition coefficient (Wildman–Crippen LogP) is 2.20. The number of anilines is 6. The highest BCUT2D eigenvalue weighted by molar-refractivity contribution is 6.09. The first kappa shape index (κ1) is 54.7. The number of benzene rings is 1. The first-order chi connectivity index (χ1) is 38.5. The third-order valence-electron chi connectivity index (χ3n) is 12.8. The Labute approximate surface area is 458 Å². The fourth-order valence-corrected chi connectivity index (χ4v) is 8.73.